The second-order valence-corrected chi connectivity index (χ2v) is 5.30. The van der Waals surface area contributed by atoms with Crippen LogP contribution in [0.15, 0.2) is 0 Å². The molecule has 1 aliphatic rings. The highest BCUT2D eigenvalue weighted by atomic mass is 16.4. The Labute approximate surface area is 124 Å². The molecule has 1 fully saturated rings. The summed E-state index contributed by atoms with van der Waals surface area (Å²) in [4.78, 5) is 35.7. The van der Waals surface area contributed by atoms with E-state index in [0.717, 1.165) is 26.1 Å². The summed E-state index contributed by atoms with van der Waals surface area (Å²) in [6.45, 7) is 5.59. The van der Waals surface area contributed by atoms with Crippen LogP contribution in [0.1, 0.15) is 26.2 Å². The third-order valence-electron chi connectivity index (χ3n) is 3.65. The average Bonchev–Trinajstić information content (AvgIpc) is 2.88. The van der Waals surface area contributed by atoms with Gasteiger partial charge in [0.2, 0.25) is 5.91 Å². The maximum absolute atomic E-state index is 11.7. The monoisotopic (exact) mass is 300 g/mol. The van der Waals surface area contributed by atoms with Crippen LogP contribution >= 0.6 is 0 Å². The van der Waals surface area contributed by atoms with E-state index in [9.17, 15) is 14.4 Å². The van der Waals surface area contributed by atoms with Crippen LogP contribution in [0.4, 0.5) is 4.79 Å². The minimum Gasteiger partial charge on any atom is -0.480 e. The standard InChI is InChI=1S/C13H24N4O4/c1-2-17-6-5-9(8-17)7-15-13(21)16-10(12(19)20)3-4-11(14)18/h9-10H,2-8H2,1H3,(H2,14,18)(H,19,20)(H2,15,16,21)/t9?,10-/m0/s1. The summed E-state index contributed by atoms with van der Waals surface area (Å²) in [5.74, 6) is -1.37. The summed E-state index contributed by atoms with van der Waals surface area (Å²) < 4.78 is 0. The van der Waals surface area contributed by atoms with Crippen LogP contribution in [0.25, 0.3) is 0 Å². The summed E-state index contributed by atoms with van der Waals surface area (Å²) in [7, 11) is 0. The van der Waals surface area contributed by atoms with Gasteiger partial charge in [0.05, 0.1) is 0 Å². The van der Waals surface area contributed by atoms with Gasteiger partial charge in [-0.15, -0.1) is 0 Å². The van der Waals surface area contributed by atoms with Crippen molar-refractivity contribution in [3.05, 3.63) is 0 Å². The number of nitrogens with two attached hydrogens (primary N) is 1. The van der Waals surface area contributed by atoms with E-state index in [-0.39, 0.29) is 12.8 Å². The second-order valence-electron chi connectivity index (χ2n) is 5.30. The Morgan fingerprint density at radius 3 is 2.67 bits per heavy atom. The molecule has 0 bridgehead atoms. The number of amides is 3. The van der Waals surface area contributed by atoms with Crippen molar-refractivity contribution in [3.63, 3.8) is 0 Å². The molecular weight excluding hydrogens is 276 g/mol. The van der Waals surface area contributed by atoms with E-state index in [1.165, 1.54) is 0 Å². The van der Waals surface area contributed by atoms with Gasteiger partial charge in [-0.25, -0.2) is 9.59 Å². The smallest absolute Gasteiger partial charge is 0.326 e. The largest absolute Gasteiger partial charge is 0.480 e. The number of primary amides is 1. The first-order chi connectivity index (χ1) is 9.92. The van der Waals surface area contributed by atoms with Crippen LogP contribution in [0, 0.1) is 5.92 Å². The summed E-state index contributed by atoms with van der Waals surface area (Å²) >= 11 is 0. The summed E-state index contributed by atoms with van der Waals surface area (Å²) in [5.41, 5.74) is 4.97. The molecule has 0 aromatic heterocycles. The van der Waals surface area contributed by atoms with Crippen molar-refractivity contribution in [2.24, 2.45) is 11.7 Å². The molecule has 8 nitrogen and oxygen atoms in total. The number of nitrogens with zero attached hydrogens (tertiary/aromatic N) is 1. The molecule has 0 spiro atoms. The molecule has 2 atom stereocenters. The van der Waals surface area contributed by atoms with Crippen molar-refractivity contribution in [2.45, 2.75) is 32.2 Å². The quantitative estimate of drug-likeness (QED) is 0.474. The Bertz CT molecular complexity index is 388. The molecule has 21 heavy (non-hydrogen) atoms. The predicted molar refractivity (Wildman–Crippen MR) is 76.6 cm³/mol. The highest BCUT2D eigenvalue weighted by molar-refractivity contribution is 5.83. The average molecular weight is 300 g/mol. The fourth-order valence-corrected chi connectivity index (χ4v) is 2.36. The summed E-state index contributed by atoms with van der Waals surface area (Å²) in [6.07, 6.45) is 0.939. The van der Waals surface area contributed by atoms with Gasteiger partial charge in [0.15, 0.2) is 0 Å². The minimum absolute atomic E-state index is 0.00880. The number of carbonyl (C=O) groups is 3. The highest BCUT2D eigenvalue weighted by Gasteiger charge is 2.23. The number of carboxylic acids is 1. The van der Waals surface area contributed by atoms with E-state index < -0.39 is 23.9 Å². The van der Waals surface area contributed by atoms with Crippen molar-refractivity contribution in [2.75, 3.05) is 26.2 Å². The molecule has 0 aliphatic carbocycles. The van der Waals surface area contributed by atoms with Crippen molar-refractivity contribution in [3.8, 4) is 0 Å². The molecular formula is C13H24N4O4. The molecule has 1 aliphatic heterocycles. The van der Waals surface area contributed by atoms with Crippen LogP contribution in [-0.4, -0.2) is 60.1 Å². The number of hydrogen-bond acceptors (Lipinski definition) is 4. The lowest BCUT2D eigenvalue weighted by molar-refractivity contribution is -0.139. The first-order valence-electron chi connectivity index (χ1n) is 7.20. The predicted octanol–water partition coefficient (Wildman–Crippen LogP) is -0.654. The van der Waals surface area contributed by atoms with E-state index in [4.69, 9.17) is 10.8 Å². The maximum Gasteiger partial charge on any atom is 0.326 e. The van der Waals surface area contributed by atoms with Crippen LogP contribution in [0.5, 0.6) is 0 Å². The maximum atomic E-state index is 11.7. The molecule has 0 saturated carbocycles. The van der Waals surface area contributed by atoms with Gasteiger partial charge in [-0.3, -0.25) is 4.79 Å². The lowest BCUT2D eigenvalue weighted by atomic mass is 10.1. The number of rotatable bonds is 8. The van der Waals surface area contributed by atoms with Crippen LogP contribution in [0.2, 0.25) is 0 Å². The Morgan fingerprint density at radius 1 is 1.43 bits per heavy atom. The number of hydrogen-bond donors (Lipinski definition) is 4. The van der Waals surface area contributed by atoms with E-state index in [1.807, 2.05) is 0 Å². The molecule has 1 heterocycles. The Morgan fingerprint density at radius 2 is 2.14 bits per heavy atom. The number of carboxylic acid groups (broad SMARTS) is 1. The summed E-state index contributed by atoms with van der Waals surface area (Å²) in [5, 5.41) is 14.0. The fourth-order valence-electron chi connectivity index (χ4n) is 2.36. The van der Waals surface area contributed by atoms with Gasteiger partial charge in [0, 0.05) is 19.5 Å². The van der Waals surface area contributed by atoms with E-state index in [1.54, 1.807) is 0 Å². The first kappa shape index (κ1) is 17.2. The van der Waals surface area contributed by atoms with Crippen LogP contribution in [-0.2, 0) is 9.59 Å². The Hall–Kier alpha value is -1.83. The van der Waals surface area contributed by atoms with Gasteiger partial charge in [-0.1, -0.05) is 6.92 Å². The van der Waals surface area contributed by atoms with Crippen molar-refractivity contribution < 1.29 is 19.5 Å². The normalized spacial score (nSPS) is 20.0. The first-order valence-corrected chi connectivity index (χ1v) is 7.20. The molecule has 5 N–H and O–H groups in total. The molecule has 1 rings (SSSR count). The fraction of sp³-hybridized carbons (Fsp3) is 0.769. The number of likely N-dealkylation sites (tertiary alicyclic amines) is 1. The van der Waals surface area contributed by atoms with Crippen LogP contribution < -0.4 is 16.4 Å². The number of urea groups is 1. The SMILES string of the molecule is CCN1CCC(CNC(=O)N[C@@H](CCC(N)=O)C(=O)O)C1. The lowest BCUT2D eigenvalue weighted by Crippen LogP contribution is -2.47. The Balaban J connectivity index is 2.30. The van der Waals surface area contributed by atoms with Gasteiger partial charge >= 0.3 is 12.0 Å². The molecule has 0 aromatic rings. The van der Waals surface area contributed by atoms with Gasteiger partial charge in [-0.05, 0) is 31.8 Å². The molecule has 0 aromatic carbocycles. The molecule has 120 valence electrons. The molecule has 1 saturated heterocycles. The number of carbonyl (C=O) groups excluding carboxylic acids is 2. The third kappa shape index (κ3) is 6.44. The number of aliphatic carboxylic acids is 1. The van der Waals surface area contributed by atoms with Gasteiger partial charge in [-0.2, -0.15) is 0 Å². The lowest BCUT2D eigenvalue weighted by Gasteiger charge is -2.17. The zero-order valence-electron chi connectivity index (χ0n) is 12.3. The zero-order chi connectivity index (χ0) is 15.8. The minimum atomic E-state index is -1.18. The van der Waals surface area contributed by atoms with Crippen molar-refractivity contribution in [1.29, 1.82) is 0 Å². The highest BCUT2D eigenvalue weighted by Crippen LogP contribution is 2.14. The van der Waals surface area contributed by atoms with Crippen LogP contribution in [0.3, 0.4) is 0 Å². The van der Waals surface area contributed by atoms with Gasteiger partial charge < -0.3 is 26.4 Å². The van der Waals surface area contributed by atoms with E-state index in [2.05, 4.69) is 22.5 Å². The molecule has 8 heteroatoms. The molecule has 1 unspecified atom stereocenters. The van der Waals surface area contributed by atoms with Crippen molar-refractivity contribution >= 4 is 17.9 Å². The third-order valence-corrected chi connectivity index (χ3v) is 3.65. The summed E-state index contributed by atoms with van der Waals surface area (Å²) in [6, 6.07) is -1.63. The molecule has 3 amide bonds. The van der Waals surface area contributed by atoms with Gasteiger partial charge in [0.25, 0.3) is 0 Å². The second kappa shape index (κ2) is 8.46. The van der Waals surface area contributed by atoms with Crippen molar-refractivity contribution in [1.82, 2.24) is 15.5 Å². The van der Waals surface area contributed by atoms with E-state index >= 15 is 0 Å². The molecule has 0 radical (unpaired) electrons. The number of nitrogens with one attached hydrogen (secondary N) is 2. The topological polar surface area (TPSA) is 125 Å². The Kier molecular flexibility index (Phi) is 6.93. The zero-order valence-corrected chi connectivity index (χ0v) is 12.3. The van der Waals surface area contributed by atoms with E-state index in [0.29, 0.717) is 12.5 Å². The van der Waals surface area contributed by atoms with Gasteiger partial charge in [0.1, 0.15) is 6.04 Å².